The molecule has 29 heavy (non-hydrogen) atoms. The van der Waals surface area contributed by atoms with Crippen molar-refractivity contribution >= 4 is 29.1 Å². The standard InChI is InChI=1S/C19H21N3O7/c1-5-29-19(24)21(2)13-8-6-12(7-9-13)20-18(23)14-10-16(27-3)17(28-4)11-15(14)22(25)26/h6-11H,5H2,1-4H3,(H,20,23). The average Bonchev–Trinajstić information content (AvgIpc) is 2.72. The summed E-state index contributed by atoms with van der Waals surface area (Å²) in [6.45, 7) is 1.96. The molecule has 154 valence electrons. The second-order valence-corrected chi connectivity index (χ2v) is 5.74. The number of nitrogens with one attached hydrogen (secondary N) is 1. The molecule has 0 heterocycles. The topological polar surface area (TPSA) is 120 Å². The number of carbonyl (C=O) groups excluding carboxylic acids is 2. The minimum Gasteiger partial charge on any atom is -0.493 e. The van der Waals surface area contributed by atoms with E-state index in [9.17, 15) is 19.7 Å². The number of nitrogens with zero attached hydrogens (tertiary/aromatic N) is 2. The van der Waals surface area contributed by atoms with Gasteiger partial charge in [0.25, 0.3) is 11.6 Å². The summed E-state index contributed by atoms with van der Waals surface area (Å²) in [6.07, 6.45) is -0.509. The van der Waals surface area contributed by atoms with Gasteiger partial charge in [0.15, 0.2) is 11.5 Å². The molecule has 0 unspecified atom stereocenters. The predicted octanol–water partition coefficient (Wildman–Crippen LogP) is 3.46. The third-order valence-electron chi connectivity index (χ3n) is 4.00. The van der Waals surface area contributed by atoms with Gasteiger partial charge in [-0.05, 0) is 31.2 Å². The van der Waals surface area contributed by atoms with E-state index in [1.807, 2.05) is 0 Å². The second kappa shape index (κ2) is 9.40. The van der Waals surface area contributed by atoms with Crippen LogP contribution in [0.1, 0.15) is 17.3 Å². The fourth-order valence-corrected chi connectivity index (χ4v) is 2.49. The molecule has 0 aromatic heterocycles. The van der Waals surface area contributed by atoms with Gasteiger partial charge in [0.1, 0.15) is 5.56 Å². The highest BCUT2D eigenvalue weighted by atomic mass is 16.6. The van der Waals surface area contributed by atoms with Crippen molar-refractivity contribution in [3.8, 4) is 11.5 Å². The molecule has 2 amide bonds. The maximum atomic E-state index is 12.6. The fraction of sp³-hybridized carbons (Fsp3) is 0.263. The summed E-state index contributed by atoms with van der Waals surface area (Å²) in [4.78, 5) is 36.4. The van der Waals surface area contributed by atoms with Gasteiger partial charge in [-0.25, -0.2) is 4.79 Å². The summed E-state index contributed by atoms with van der Waals surface area (Å²) >= 11 is 0. The smallest absolute Gasteiger partial charge is 0.413 e. The Kier molecular flexibility index (Phi) is 6.96. The number of anilines is 2. The molecular weight excluding hydrogens is 382 g/mol. The molecule has 10 heteroatoms. The summed E-state index contributed by atoms with van der Waals surface area (Å²) in [6, 6.07) is 8.72. The Balaban J connectivity index is 2.26. The van der Waals surface area contributed by atoms with Crippen LogP contribution in [0.25, 0.3) is 0 Å². The van der Waals surface area contributed by atoms with Crippen molar-refractivity contribution in [1.82, 2.24) is 0 Å². The van der Waals surface area contributed by atoms with Gasteiger partial charge in [-0.3, -0.25) is 19.8 Å². The third-order valence-corrected chi connectivity index (χ3v) is 4.00. The molecule has 1 N–H and O–H groups in total. The van der Waals surface area contributed by atoms with E-state index in [1.165, 1.54) is 25.2 Å². The SMILES string of the molecule is CCOC(=O)N(C)c1ccc(NC(=O)c2cc(OC)c(OC)cc2[N+](=O)[O-])cc1. The van der Waals surface area contributed by atoms with Crippen molar-refractivity contribution in [1.29, 1.82) is 0 Å². The zero-order valence-corrected chi connectivity index (χ0v) is 16.4. The van der Waals surface area contributed by atoms with Crippen molar-refractivity contribution < 1.29 is 28.7 Å². The molecule has 2 aromatic rings. The van der Waals surface area contributed by atoms with Gasteiger partial charge in [0.2, 0.25) is 0 Å². The minimum absolute atomic E-state index is 0.141. The highest BCUT2D eigenvalue weighted by Gasteiger charge is 2.24. The van der Waals surface area contributed by atoms with E-state index in [0.29, 0.717) is 11.4 Å². The predicted molar refractivity (Wildman–Crippen MR) is 106 cm³/mol. The van der Waals surface area contributed by atoms with Gasteiger partial charge in [-0.15, -0.1) is 0 Å². The first-order chi connectivity index (χ1) is 13.8. The summed E-state index contributed by atoms with van der Waals surface area (Å²) in [5, 5.41) is 14.0. The third kappa shape index (κ3) is 4.92. The fourth-order valence-electron chi connectivity index (χ4n) is 2.49. The van der Waals surface area contributed by atoms with E-state index in [-0.39, 0.29) is 23.7 Å². The van der Waals surface area contributed by atoms with Gasteiger partial charge in [-0.1, -0.05) is 0 Å². The normalized spacial score (nSPS) is 10.1. The molecule has 0 atom stereocenters. The van der Waals surface area contributed by atoms with Crippen LogP contribution in [0, 0.1) is 10.1 Å². The van der Waals surface area contributed by atoms with Crippen LogP contribution in [0.3, 0.4) is 0 Å². The molecular formula is C19H21N3O7. The number of benzene rings is 2. The lowest BCUT2D eigenvalue weighted by Crippen LogP contribution is -2.26. The van der Waals surface area contributed by atoms with Crippen LogP contribution in [0.5, 0.6) is 11.5 Å². The second-order valence-electron chi connectivity index (χ2n) is 5.74. The molecule has 0 aliphatic carbocycles. The van der Waals surface area contributed by atoms with Gasteiger partial charge >= 0.3 is 6.09 Å². The Morgan fingerprint density at radius 2 is 1.69 bits per heavy atom. The molecule has 2 aromatic carbocycles. The van der Waals surface area contributed by atoms with Crippen LogP contribution in [0.4, 0.5) is 21.9 Å². The summed E-state index contributed by atoms with van der Waals surface area (Å²) in [5.41, 5.74) is 0.345. The van der Waals surface area contributed by atoms with E-state index in [0.717, 1.165) is 6.07 Å². The van der Waals surface area contributed by atoms with Crippen molar-refractivity contribution in [2.45, 2.75) is 6.92 Å². The average molecular weight is 403 g/mol. The van der Waals surface area contributed by atoms with Crippen LogP contribution in [0.2, 0.25) is 0 Å². The lowest BCUT2D eigenvalue weighted by Gasteiger charge is -2.17. The van der Waals surface area contributed by atoms with E-state index in [4.69, 9.17) is 14.2 Å². The van der Waals surface area contributed by atoms with Crippen molar-refractivity contribution in [2.75, 3.05) is 38.1 Å². The number of rotatable bonds is 7. The van der Waals surface area contributed by atoms with Crippen molar-refractivity contribution in [3.63, 3.8) is 0 Å². The molecule has 0 spiro atoms. The molecule has 0 fully saturated rings. The number of carbonyl (C=O) groups is 2. The maximum absolute atomic E-state index is 12.6. The molecule has 2 rings (SSSR count). The minimum atomic E-state index is -0.691. The number of hydrogen-bond donors (Lipinski definition) is 1. The molecule has 10 nitrogen and oxygen atoms in total. The number of hydrogen-bond acceptors (Lipinski definition) is 7. The molecule has 0 bridgehead atoms. The summed E-state index contributed by atoms with van der Waals surface area (Å²) in [5.74, 6) is -0.360. The first-order valence-corrected chi connectivity index (χ1v) is 8.54. The highest BCUT2D eigenvalue weighted by Crippen LogP contribution is 2.34. The van der Waals surface area contributed by atoms with E-state index in [2.05, 4.69) is 5.32 Å². The molecule has 0 aliphatic rings. The largest absolute Gasteiger partial charge is 0.493 e. The zero-order chi connectivity index (χ0) is 21.6. The Labute approximate surface area is 167 Å². The first kappa shape index (κ1) is 21.5. The molecule has 0 saturated carbocycles. The number of nitro groups is 1. The van der Waals surface area contributed by atoms with Gasteiger partial charge in [0.05, 0.1) is 31.8 Å². The van der Waals surface area contributed by atoms with Crippen molar-refractivity contribution in [2.24, 2.45) is 0 Å². The lowest BCUT2D eigenvalue weighted by molar-refractivity contribution is -0.385. The van der Waals surface area contributed by atoms with Gasteiger partial charge < -0.3 is 19.5 Å². The van der Waals surface area contributed by atoms with Crippen LogP contribution < -0.4 is 19.7 Å². The summed E-state index contributed by atoms with van der Waals surface area (Å²) in [7, 11) is 4.26. The Morgan fingerprint density at radius 1 is 1.10 bits per heavy atom. The maximum Gasteiger partial charge on any atom is 0.413 e. The molecule has 0 radical (unpaired) electrons. The summed E-state index contributed by atoms with van der Waals surface area (Å²) < 4.78 is 15.1. The number of amides is 2. The number of ether oxygens (including phenoxy) is 3. The van der Waals surface area contributed by atoms with Gasteiger partial charge in [-0.2, -0.15) is 0 Å². The Bertz CT molecular complexity index is 913. The van der Waals surface area contributed by atoms with E-state index < -0.39 is 22.6 Å². The first-order valence-electron chi connectivity index (χ1n) is 8.54. The Hall–Kier alpha value is -3.82. The Morgan fingerprint density at radius 3 is 2.21 bits per heavy atom. The molecule has 0 saturated heterocycles. The number of methoxy groups -OCH3 is 2. The van der Waals surface area contributed by atoms with E-state index >= 15 is 0 Å². The zero-order valence-electron chi connectivity index (χ0n) is 16.4. The van der Waals surface area contributed by atoms with E-state index in [1.54, 1.807) is 38.2 Å². The van der Waals surface area contributed by atoms with Crippen LogP contribution in [-0.2, 0) is 4.74 Å². The van der Waals surface area contributed by atoms with Crippen LogP contribution >= 0.6 is 0 Å². The van der Waals surface area contributed by atoms with Gasteiger partial charge in [0, 0.05) is 24.5 Å². The van der Waals surface area contributed by atoms with Crippen LogP contribution in [-0.4, -0.2) is 44.8 Å². The van der Waals surface area contributed by atoms with Crippen LogP contribution in [0.15, 0.2) is 36.4 Å². The number of nitro benzene ring substituents is 1. The highest BCUT2D eigenvalue weighted by molar-refractivity contribution is 6.07. The lowest BCUT2D eigenvalue weighted by atomic mass is 10.1. The monoisotopic (exact) mass is 403 g/mol. The molecule has 0 aliphatic heterocycles. The van der Waals surface area contributed by atoms with Crippen molar-refractivity contribution in [3.05, 3.63) is 52.1 Å². The quantitative estimate of drug-likeness (QED) is 0.555.